The van der Waals surface area contributed by atoms with Crippen LogP contribution in [-0.2, 0) is 15.0 Å². The topological polar surface area (TPSA) is 75.4 Å². The normalized spacial score (nSPS) is 17.8. The smallest absolute Gasteiger partial charge is 0.231 e. The van der Waals surface area contributed by atoms with Crippen molar-refractivity contribution in [2.45, 2.75) is 39.5 Å². The lowest BCUT2D eigenvalue weighted by atomic mass is 9.93. The zero-order chi connectivity index (χ0) is 18.2. The molecule has 2 aromatic rings. The molecule has 1 unspecified atom stereocenters. The van der Waals surface area contributed by atoms with E-state index in [9.17, 15) is 9.59 Å². The largest absolute Gasteiger partial charge is 0.359 e. The van der Waals surface area contributed by atoms with Crippen LogP contribution in [0.5, 0.6) is 0 Å². The van der Waals surface area contributed by atoms with Crippen LogP contribution in [-0.4, -0.2) is 23.5 Å². The number of hydrogen-bond acceptors (Lipinski definition) is 4. The molecule has 1 fully saturated rings. The number of aromatic nitrogens is 1. The molecule has 1 aliphatic heterocycles. The van der Waals surface area contributed by atoms with E-state index in [1.807, 2.05) is 52.0 Å². The molecule has 0 spiro atoms. The van der Waals surface area contributed by atoms with Gasteiger partial charge in [0.25, 0.3) is 0 Å². The van der Waals surface area contributed by atoms with Crippen LogP contribution in [0.4, 0.5) is 11.5 Å². The molecule has 0 aliphatic carbocycles. The van der Waals surface area contributed by atoms with Gasteiger partial charge in [-0.05, 0) is 19.1 Å². The minimum absolute atomic E-state index is 0.0421. The van der Waals surface area contributed by atoms with Crippen LogP contribution in [0.2, 0.25) is 0 Å². The van der Waals surface area contributed by atoms with Gasteiger partial charge in [-0.2, -0.15) is 0 Å². The number of nitrogens with zero attached hydrogens (tertiary/aromatic N) is 2. The predicted octanol–water partition coefficient (Wildman–Crippen LogP) is 3.27. The number of rotatable bonds is 3. The van der Waals surface area contributed by atoms with E-state index in [2.05, 4.69) is 10.5 Å². The first-order chi connectivity index (χ1) is 11.7. The first-order valence-corrected chi connectivity index (χ1v) is 8.39. The zero-order valence-corrected chi connectivity index (χ0v) is 15.0. The lowest BCUT2D eigenvalue weighted by Crippen LogP contribution is -2.28. The fraction of sp³-hybridized carbons (Fsp3) is 0.421. The maximum atomic E-state index is 12.5. The minimum Gasteiger partial charge on any atom is -0.359 e. The van der Waals surface area contributed by atoms with E-state index in [4.69, 9.17) is 4.52 Å². The number of carbonyl (C=O) groups excluding carboxylic acids is 2. The highest BCUT2D eigenvalue weighted by molar-refractivity contribution is 6.03. The summed E-state index contributed by atoms with van der Waals surface area (Å²) >= 11 is 0. The third-order valence-electron chi connectivity index (χ3n) is 4.34. The second-order valence-electron chi connectivity index (χ2n) is 7.56. The Morgan fingerprint density at radius 1 is 1.28 bits per heavy atom. The van der Waals surface area contributed by atoms with Gasteiger partial charge in [0.2, 0.25) is 11.8 Å². The molecule has 2 heterocycles. The first-order valence-electron chi connectivity index (χ1n) is 8.39. The zero-order valence-electron chi connectivity index (χ0n) is 15.0. The summed E-state index contributed by atoms with van der Waals surface area (Å²) < 4.78 is 5.27. The van der Waals surface area contributed by atoms with Gasteiger partial charge in [-0.3, -0.25) is 9.59 Å². The standard InChI is InChI=1S/C19H23N3O3/c1-12-5-7-14(8-6-12)22-11-13(9-17(22)23)18(24)20-16-10-15(25-21-16)19(2,3)4/h5-8,10,13H,9,11H2,1-4H3,(H,20,21,24). The van der Waals surface area contributed by atoms with Gasteiger partial charge >= 0.3 is 0 Å². The summed E-state index contributed by atoms with van der Waals surface area (Å²) in [6.07, 6.45) is 0.198. The third kappa shape index (κ3) is 3.73. The van der Waals surface area contributed by atoms with Gasteiger partial charge < -0.3 is 14.7 Å². The fourth-order valence-electron chi connectivity index (χ4n) is 2.77. The molecular weight excluding hydrogens is 318 g/mol. The molecule has 1 aromatic carbocycles. The lowest BCUT2D eigenvalue weighted by molar-refractivity contribution is -0.122. The minimum atomic E-state index is -0.399. The second kappa shape index (κ2) is 6.35. The van der Waals surface area contributed by atoms with Crippen LogP contribution in [0.3, 0.4) is 0 Å². The molecule has 3 rings (SSSR count). The van der Waals surface area contributed by atoms with Crippen molar-refractivity contribution >= 4 is 23.3 Å². The molecule has 0 bridgehead atoms. The number of hydrogen-bond donors (Lipinski definition) is 1. The molecule has 132 valence electrons. The molecular formula is C19H23N3O3. The summed E-state index contributed by atoms with van der Waals surface area (Å²) in [7, 11) is 0. The van der Waals surface area contributed by atoms with E-state index in [1.54, 1.807) is 11.0 Å². The maximum absolute atomic E-state index is 12.5. The van der Waals surface area contributed by atoms with E-state index in [0.717, 1.165) is 11.3 Å². The molecule has 1 N–H and O–H groups in total. The first kappa shape index (κ1) is 17.2. The van der Waals surface area contributed by atoms with Crippen LogP contribution in [0.1, 0.15) is 38.5 Å². The Morgan fingerprint density at radius 2 is 1.96 bits per heavy atom. The van der Waals surface area contributed by atoms with Crippen molar-refractivity contribution in [3.05, 3.63) is 41.7 Å². The SMILES string of the molecule is Cc1ccc(N2CC(C(=O)Nc3cc(C(C)(C)C)on3)CC2=O)cc1. The van der Waals surface area contributed by atoms with Crippen LogP contribution >= 0.6 is 0 Å². The van der Waals surface area contributed by atoms with Crippen molar-refractivity contribution in [3.63, 3.8) is 0 Å². The summed E-state index contributed by atoms with van der Waals surface area (Å²) in [4.78, 5) is 26.4. The number of anilines is 2. The summed E-state index contributed by atoms with van der Waals surface area (Å²) in [5.74, 6) is 0.433. The maximum Gasteiger partial charge on any atom is 0.231 e. The average Bonchev–Trinajstić information content (AvgIpc) is 3.15. The van der Waals surface area contributed by atoms with Crippen molar-refractivity contribution in [2.75, 3.05) is 16.8 Å². The predicted molar refractivity (Wildman–Crippen MR) is 95.5 cm³/mol. The number of amides is 2. The molecule has 25 heavy (non-hydrogen) atoms. The summed E-state index contributed by atoms with van der Waals surface area (Å²) in [5, 5.41) is 6.65. The fourth-order valence-corrected chi connectivity index (χ4v) is 2.77. The number of aryl methyl sites for hydroxylation is 1. The van der Waals surface area contributed by atoms with E-state index < -0.39 is 5.92 Å². The van der Waals surface area contributed by atoms with Gasteiger partial charge in [0.1, 0.15) is 5.76 Å². The number of benzene rings is 1. The van der Waals surface area contributed by atoms with Crippen molar-refractivity contribution in [3.8, 4) is 0 Å². The van der Waals surface area contributed by atoms with Gasteiger partial charge in [-0.15, -0.1) is 0 Å². The van der Waals surface area contributed by atoms with Gasteiger partial charge in [0.05, 0.1) is 5.92 Å². The molecule has 2 amide bonds. The quantitative estimate of drug-likeness (QED) is 0.929. The third-order valence-corrected chi connectivity index (χ3v) is 4.34. The van der Waals surface area contributed by atoms with Crippen molar-refractivity contribution in [2.24, 2.45) is 5.92 Å². The van der Waals surface area contributed by atoms with Crippen LogP contribution in [0, 0.1) is 12.8 Å². The molecule has 1 saturated heterocycles. The van der Waals surface area contributed by atoms with Crippen molar-refractivity contribution < 1.29 is 14.1 Å². The van der Waals surface area contributed by atoms with Gasteiger partial charge in [0.15, 0.2) is 5.82 Å². The highest BCUT2D eigenvalue weighted by Gasteiger charge is 2.35. The average molecular weight is 341 g/mol. The van der Waals surface area contributed by atoms with Crippen LogP contribution in [0.15, 0.2) is 34.9 Å². The highest BCUT2D eigenvalue weighted by Crippen LogP contribution is 2.27. The summed E-state index contributed by atoms with van der Waals surface area (Å²) in [5.41, 5.74) is 1.77. The van der Waals surface area contributed by atoms with E-state index in [-0.39, 0.29) is 23.7 Å². The van der Waals surface area contributed by atoms with Crippen LogP contribution in [0.25, 0.3) is 0 Å². The number of nitrogens with one attached hydrogen (secondary N) is 1. The molecule has 1 atom stereocenters. The Balaban J connectivity index is 1.66. The molecule has 6 nitrogen and oxygen atoms in total. The Hall–Kier alpha value is -2.63. The molecule has 0 saturated carbocycles. The monoisotopic (exact) mass is 341 g/mol. The summed E-state index contributed by atoms with van der Waals surface area (Å²) in [6, 6.07) is 9.45. The van der Waals surface area contributed by atoms with Crippen molar-refractivity contribution in [1.82, 2.24) is 5.16 Å². The summed E-state index contributed by atoms with van der Waals surface area (Å²) in [6.45, 7) is 8.39. The molecule has 0 radical (unpaired) electrons. The Labute approximate surface area is 147 Å². The molecule has 6 heteroatoms. The molecule has 1 aliphatic rings. The van der Waals surface area contributed by atoms with Gasteiger partial charge in [-0.25, -0.2) is 0 Å². The van der Waals surface area contributed by atoms with Crippen LogP contribution < -0.4 is 10.2 Å². The Bertz CT molecular complexity index is 787. The lowest BCUT2D eigenvalue weighted by Gasteiger charge is -2.16. The van der Waals surface area contributed by atoms with E-state index >= 15 is 0 Å². The van der Waals surface area contributed by atoms with Gasteiger partial charge in [0, 0.05) is 30.1 Å². The second-order valence-corrected chi connectivity index (χ2v) is 7.56. The van der Waals surface area contributed by atoms with E-state index in [0.29, 0.717) is 18.1 Å². The molecule has 1 aromatic heterocycles. The van der Waals surface area contributed by atoms with E-state index in [1.165, 1.54) is 0 Å². The Morgan fingerprint density at radius 3 is 2.56 bits per heavy atom. The Kier molecular flexibility index (Phi) is 4.37. The number of carbonyl (C=O) groups is 2. The highest BCUT2D eigenvalue weighted by atomic mass is 16.5. The van der Waals surface area contributed by atoms with Crippen molar-refractivity contribution in [1.29, 1.82) is 0 Å². The van der Waals surface area contributed by atoms with Gasteiger partial charge in [-0.1, -0.05) is 43.6 Å².